The van der Waals surface area contributed by atoms with Gasteiger partial charge in [-0.3, -0.25) is 9.59 Å². The molecule has 3 N–H and O–H groups in total. The van der Waals surface area contributed by atoms with Gasteiger partial charge in [0.1, 0.15) is 17.9 Å². The summed E-state index contributed by atoms with van der Waals surface area (Å²) in [5.74, 6) is 0.0206. The quantitative estimate of drug-likeness (QED) is 0.603. The van der Waals surface area contributed by atoms with E-state index in [9.17, 15) is 14.7 Å². The van der Waals surface area contributed by atoms with Crippen molar-refractivity contribution in [3.05, 3.63) is 24.2 Å². The van der Waals surface area contributed by atoms with Crippen LogP contribution in [0.4, 0.5) is 5.82 Å². The number of rotatable bonds is 7. The Kier molecular flexibility index (Phi) is 11.2. The third-order valence-electron chi connectivity index (χ3n) is 4.44. The highest BCUT2D eigenvalue weighted by atomic mass is 16.5. The molecule has 0 radical (unpaired) electrons. The fourth-order valence-corrected chi connectivity index (χ4v) is 3.12. The lowest BCUT2D eigenvalue weighted by Gasteiger charge is -2.12. The Morgan fingerprint density at radius 2 is 2.06 bits per heavy atom. The normalized spacial score (nSPS) is 17.4. The van der Waals surface area contributed by atoms with Gasteiger partial charge in [0.05, 0.1) is 18.4 Å². The monoisotopic (exact) mass is 433 g/mol. The van der Waals surface area contributed by atoms with E-state index in [0.29, 0.717) is 12.2 Å². The number of anilines is 1. The van der Waals surface area contributed by atoms with Gasteiger partial charge >= 0.3 is 5.97 Å². The summed E-state index contributed by atoms with van der Waals surface area (Å²) in [6, 6.07) is 3.82. The number of hydrogen-bond donors (Lipinski definition) is 3. The largest absolute Gasteiger partial charge is 0.481 e. The average molecular weight is 434 g/mol. The van der Waals surface area contributed by atoms with Gasteiger partial charge in [-0.1, -0.05) is 20.8 Å². The molecule has 1 aliphatic rings. The van der Waals surface area contributed by atoms with Gasteiger partial charge in [-0.25, -0.2) is 14.8 Å². The van der Waals surface area contributed by atoms with E-state index in [4.69, 9.17) is 15.1 Å². The topological polar surface area (TPSA) is 150 Å². The first-order valence-electron chi connectivity index (χ1n) is 10.2. The Balaban J connectivity index is 0.000000457. The summed E-state index contributed by atoms with van der Waals surface area (Å²) in [5.41, 5.74) is 1.66. The van der Waals surface area contributed by atoms with Crippen LogP contribution >= 0.6 is 0 Å². The summed E-state index contributed by atoms with van der Waals surface area (Å²) in [4.78, 5) is 25.7. The molecule has 3 rings (SSSR count). The third-order valence-corrected chi connectivity index (χ3v) is 4.44. The molecule has 10 heteroatoms. The van der Waals surface area contributed by atoms with Crippen LogP contribution in [-0.2, 0) is 14.3 Å². The van der Waals surface area contributed by atoms with Crippen LogP contribution < -0.4 is 5.32 Å². The molecule has 170 valence electrons. The Labute approximate surface area is 181 Å². The highest BCUT2D eigenvalue weighted by Gasteiger charge is 2.28. The van der Waals surface area contributed by atoms with Gasteiger partial charge in [-0.05, 0) is 37.3 Å². The van der Waals surface area contributed by atoms with Crippen LogP contribution in [0.1, 0.15) is 64.7 Å². The van der Waals surface area contributed by atoms with Crippen molar-refractivity contribution < 1.29 is 24.5 Å². The molecular formula is C21H31N5O5. The van der Waals surface area contributed by atoms with Crippen molar-refractivity contribution in [3.8, 4) is 6.57 Å². The highest BCUT2D eigenvalue weighted by Crippen LogP contribution is 2.33. The van der Waals surface area contributed by atoms with Crippen LogP contribution in [0.2, 0.25) is 0 Å². The molecule has 3 heterocycles. The molecule has 1 amide bonds. The van der Waals surface area contributed by atoms with Gasteiger partial charge in [-0.2, -0.15) is 5.10 Å². The summed E-state index contributed by atoms with van der Waals surface area (Å²) >= 11 is 0. The van der Waals surface area contributed by atoms with Crippen molar-refractivity contribution in [1.82, 2.24) is 14.6 Å². The van der Waals surface area contributed by atoms with Gasteiger partial charge in [0.2, 0.25) is 5.91 Å². The molecule has 10 nitrogen and oxygen atoms in total. The van der Waals surface area contributed by atoms with E-state index in [0.717, 1.165) is 30.5 Å². The minimum atomic E-state index is -0.713. The zero-order valence-corrected chi connectivity index (χ0v) is 18.2. The second-order valence-electron chi connectivity index (χ2n) is 7.46. The van der Waals surface area contributed by atoms with Crippen molar-refractivity contribution in [2.24, 2.45) is 5.92 Å². The maximum atomic E-state index is 11.8. The van der Waals surface area contributed by atoms with Crippen molar-refractivity contribution in [1.29, 1.82) is 5.26 Å². The summed E-state index contributed by atoms with van der Waals surface area (Å²) in [7, 11) is 0. The van der Waals surface area contributed by atoms with Gasteiger partial charge in [0.15, 0.2) is 5.82 Å². The number of nitrogens with one attached hydrogen (secondary N) is 1. The van der Waals surface area contributed by atoms with Crippen molar-refractivity contribution >= 4 is 23.2 Å². The van der Waals surface area contributed by atoms with Crippen molar-refractivity contribution in [3.63, 3.8) is 0 Å². The number of aliphatic carboxylic acids is 1. The summed E-state index contributed by atoms with van der Waals surface area (Å²) < 4.78 is 7.55. The van der Waals surface area contributed by atoms with Crippen LogP contribution in [0.25, 0.3) is 5.52 Å². The fraction of sp³-hybridized carbons (Fsp3) is 0.571. The second-order valence-corrected chi connectivity index (χ2v) is 7.46. The van der Waals surface area contributed by atoms with Gasteiger partial charge in [0.25, 0.3) is 0 Å². The Hall–Kier alpha value is -3.03. The number of carboxylic acids is 1. The molecule has 2 unspecified atom stereocenters. The molecular weight excluding hydrogens is 402 g/mol. The number of aromatic nitrogens is 3. The number of hydrogen-bond acceptors (Lipinski definition) is 7. The molecule has 2 aromatic heterocycles. The first-order chi connectivity index (χ1) is 14.8. The first kappa shape index (κ1) is 26.0. The third kappa shape index (κ3) is 7.96. The average Bonchev–Trinajstić information content (AvgIpc) is 3.36. The summed E-state index contributed by atoms with van der Waals surface area (Å²) in [5, 5.41) is 30.8. The zero-order valence-electron chi connectivity index (χ0n) is 18.2. The van der Waals surface area contributed by atoms with E-state index in [1.165, 1.54) is 6.33 Å². The van der Waals surface area contributed by atoms with E-state index in [1.54, 1.807) is 4.52 Å². The van der Waals surface area contributed by atoms with Gasteiger partial charge in [-0.15, -0.1) is 0 Å². The van der Waals surface area contributed by atoms with Crippen LogP contribution in [0.5, 0.6) is 0 Å². The molecule has 0 spiro atoms. The number of carboxylic acid groups (broad SMARTS) is 1. The molecule has 0 saturated carbocycles. The lowest BCUT2D eigenvalue weighted by molar-refractivity contribution is -0.137. The van der Waals surface area contributed by atoms with E-state index >= 15 is 0 Å². The molecule has 31 heavy (non-hydrogen) atoms. The van der Waals surface area contributed by atoms with E-state index in [-0.39, 0.29) is 37.1 Å². The van der Waals surface area contributed by atoms with Crippen LogP contribution in [-0.4, -0.2) is 49.4 Å². The predicted molar refractivity (Wildman–Crippen MR) is 114 cm³/mol. The number of aliphatic hydroxyl groups excluding tert-OH is 1. The molecule has 1 aliphatic heterocycles. The molecule has 0 bridgehead atoms. The minimum Gasteiger partial charge on any atom is -0.481 e. The lowest BCUT2D eigenvalue weighted by Crippen LogP contribution is -2.14. The maximum absolute atomic E-state index is 11.8. The molecule has 2 atom stereocenters. The number of nitriles is 1. The number of ether oxygens (including phenoxy) is 1. The number of aliphatic hydroxyl groups is 1. The van der Waals surface area contributed by atoms with Crippen molar-refractivity contribution in [2.75, 3.05) is 11.9 Å². The van der Waals surface area contributed by atoms with Crippen LogP contribution in [0.3, 0.4) is 0 Å². The number of fused-ring (bicyclic) bond motifs is 1. The van der Waals surface area contributed by atoms with E-state index in [2.05, 4.69) is 22.0 Å². The summed E-state index contributed by atoms with van der Waals surface area (Å²) in [6.45, 7) is 9.26. The maximum Gasteiger partial charge on any atom is 0.303 e. The van der Waals surface area contributed by atoms with E-state index < -0.39 is 5.97 Å². The standard InChI is InChI=1S/C15H20N4O3.C5H10O2.CHN/c1-2-3-14(21)18-15-12-6-5-11(19(12)17-9-16-15)13-7-4-10(8-20)22-13;1-4(2)3-5(6)7;1-2/h5-6,9-10,13,20H,2-4,7-8H2,1H3,(H,16,17,18,21);4H,3H2,1-2H3,(H,6,7);1H. The lowest BCUT2D eigenvalue weighted by atomic mass is 10.1. The van der Waals surface area contributed by atoms with Crippen molar-refractivity contribution in [2.45, 2.75) is 65.1 Å². The first-order valence-corrected chi connectivity index (χ1v) is 10.2. The van der Waals surface area contributed by atoms with Gasteiger partial charge in [0, 0.05) is 19.4 Å². The minimum absolute atomic E-state index is 0.0348. The van der Waals surface area contributed by atoms with Crippen LogP contribution in [0.15, 0.2) is 18.5 Å². The molecule has 0 aliphatic carbocycles. The smallest absolute Gasteiger partial charge is 0.303 e. The van der Waals surface area contributed by atoms with Gasteiger partial charge < -0.3 is 20.3 Å². The molecule has 1 fully saturated rings. The summed E-state index contributed by atoms with van der Waals surface area (Å²) in [6.07, 6.45) is 4.44. The Morgan fingerprint density at radius 3 is 2.58 bits per heavy atom. The molecule has 0 aromatic carbocycles. The second kappa shape index (κ2) is 13.3. The number of nitrogens with zero attached hydrogens (tertiary/aromatic N) is 4. The fourth-order valence-electron chi connectivity index (χ4n) is 3.12. The number of carbonyl (C=O) groups is 2. The van der Waals surface area contributed by atoms with E-state index in [1.807, 2.05) is 32.9 Å². The molecule has 1 saturated heterocycles. The Morgan fingerprint density at radius 1 is 1.35 bits per heavy atom. The predicted octanol–water partition coefficient (Wildman–Crippen LogP) is 2.94. The number of carbonyl (C=O) groups excluding carboxylic acids is 1. The Bertz CT molecular complexity index is 864. The van der Waals surface area contributed by atoms with Crippen LogP contribution in [0, 0.1) is 17.8 Å². The zero-order chi connectivity index (χ0) is 23.4. The SMILES string of the molecule is C#N.CC(C)CC(=O)O.CCCC(=O)Nc1ncnn2c(C3CCC(CO)O3)ccc12. The molecule has 2 aromatic rings. The number of amides is 1. The highest BCUT2D eigenvalue weighted by molar-refractivity contribution is 5.93.